The standard InChI is InChI=1S/C12H13FN2O3/c1-7-5-8(15(17)18)6-9(10(7)13)11(16)14-12(2)3-4-12/h5-6H,3-4H2,1-2H3,(H,14,16). The van der Waals surface area contributed by atoms with Gasteiger partial charge in [0.15, 0.2) is 0 Å². The molecule has 1 fully saturated rings. The number of carbonyl (C=O) groups excluding carboxylic acids is 1. The van der Waals surface area contributed by atoms with Gasteiger partial charge in [-0.25, -0.2) is 4.39 Å². The van der Waals surface area contributed by atoms with Gasteiger partial charge in [0.1, 0.15) is 5.82 Å². The number of nitro benzene ring substituents is 1. The van der Waals surface area contributed by atoms with Crippen molar-refractivity contribution in [1.29, 1.82) is 0 Å². The van der Waals surface area contributed by atoms with Crippen LogP contribution in [0.2, 0.25) is 0 Å². The van der Waals surface area contributed by atoms with Gasteiger partial charge in [-0.1, -0.05) is 0 Å². The molecule has 0 aliphatic heterocycles. The molecule has 1 saturated carbocycles. The van der Waals surface area contributed by atoms with Crippen molar-refractivity contribution in [2.45, 2.75) is 32.2 Å². The monoisotopic (exact) mass is 252 g/mol. The molecule has 6 heteroatoms. The number of nitro groups is 1. The van der Waals surface area contributed by atoms with E-state index in [0.717, 1.165) is 25.0 Å². The van der Waals surface area contributed by atoms with E-state index in [2.05, 4.69) is 5.32 Å². The number of hydrogen-bond acceptors (Lipinski definition) is 3. The largest absolute Gasteiger partial charge is 0.347 e. The summed E-state index contributed by atoms with van der Waals surface area (Å²) in [4.78, 5) is 21.9. The SMILES string of the molecule is Cc1cc([N+](=O)[O-])cc(C(=O)NC2(C)CC2)c1F. The number of hydrogen-bond donors (Lipinski definition) is 1. The van der Waals surface area contributed by atoms with Crippen LogP contribution in [0, 0.1) is 22.9 Å². The molecule has 0 bridgehead atoms. The van der Waals surface area contributed by atoms with Gasteiger partial charge in [-0.2, -0.15) is 0 Å². The second kappa shape index (κ2) is 4.04. The van der Waals surface area contributed by atoms with Crippen LogP contribution in [0.1, 0.15) is 35.7 Å². The molecule has 0 heterocycles. The van der Waals surface area contributed by atoms with Crippen LogP contribution < -0.4 is 5.32 Å². The molecule has 0 atom stereocenters. The summed E-state index contributed by atoms with van der Waals surface area (Å²) in [6.45, 7) is 3.25. The molecule has 1 amide bonds. The van der Waals surface area contributed by atoms with Crippen LogP contribution in [0.3, 0.4) is 0 Å². The van der Waals surface area contributed by atoms with Crippen molar-refractivity contribution < 1.29 is 14.1 Å². The summed E-state index contributed by atoms with van der Waals surface area (Å²) >= 11 is 0. The van der Waals surface area contributed by atoms with E-state index >= 15 is 0 Å². The number of nitrogens with one attached hydrogen (secondary N) is 1. The quantitative estimate of drug-likeness (QED) is 0.662. The first-order valence-electron chi connectivity index (χ1n) is 5.59. The van der Waals surface area contributed by atoms with Crippen molar-refractivity contribution >= 4 is 11.6 Å². The first-order valence-corrected chi connectivity index (χ1v) is 5.59. The Morgan fingerprint density at radius 1 is 1.50 bits per heavy atom. The summed E-state index contributed by atoms with van der Waals surface area (Å²) in [6.07, 6.45) is 1.68. The zero-order valence-corrected chi connectivity index (χ0v) is 10.1. The van der Waals surface area contributed by atoms with Gasteiger partial charge in [0.2, 0.25) is 0 Å². The molecular formula is C12H13FN2O3. The highest BCUT2D eigenvalue weighted by Gasteiger charge is 2.39. The molecule has 2 rings (SSSR count). The molecule has 1 aliphatic rings. The minimum Gasteiger partial charge on any atom is -0.347 e. The Morgan fingerprint density at radius 2 is 2.11 bits per heavy atom. The number of rotatable bonds is 3. The third kappa shape index (κ3) is 2.32. The lowest BCUT2D eigenvalue weighted by Gasteiger charge is -2.12. The molecule has 1 aromatic rings. The number of halogens is 1. The van der Waals surface area contributed by atoms with Crippen molar-refractivity contribution in [3.05, 3.63) is 39.2 Å². The fraction of sp³-hybridized carbons (Fsp3) is 0.417. The van der Waals surface area contributed by atoms with Gasteiger partial charge >= 0.3 is 0 Å². The Labute approximate surface area is 103 Å². The van der Waals surface area contributed by atoms with Gasteiger partial charge in [0, 0.05) is 17.7 Å². The van der Waals surface area contributed by atoms with Crippen LogP contribution in [-0.4, -0.2) is 16.4 Å². The van der Waals surface area contributed by atoms with Gasteiger partial charge in [0.25, 0.3) is 11.6 Å². The molecule has 1 N–H and O–H groups in total. The van der Waals surface area contributed by atoms with Crippen LogP contribution in [0.15, 0.2) is 12.1 Å². The maximum Gasteiger partial charge on any atom is 0.270 e. The average Bonchev–Trinajstić information content (AvgIpc) is 2.99. The minimum atomic E-state index is -0.706. The first-order chi connectivity index (χ1) is 8.32. The highest BCUT2D eigenvalue weighted by Crippen LogP contribution is 2.35. The lowest BCUT2D eigenvalue weighted by Crippen LogP contribution is -2.34. The summed E-state index contributed by atoms with van der Waals surface area (Å²) in [5.74, 6) is -1.30. The van der Waals surface area contributed by atoms with Gasteiger partial charge in [-0.05, 0) is 32.3 Å². The van der Waals surface area contributed by atoms with Gasteiger partial charge in [0.05, 0.1) is 10.5 Å². The molecule has 1 aliphatic carbocycles. The fourth-order valence-electron chi connectivity index (χ4n) is 1.68. The van der Waals surface area contributed by atoms with Crippen molar-refractivity contribution in [3.8, 4) is 0 Å². The van der Waals surface area contributed by atoms with Crippen LogP contribution in [0.4, 0.5) is 10.1 Å². The molecular weight excluding hydrogens is 239 g/mol. The van der Waals surface area contributed by atoms with Crippen LogP contribution in [-0.2, 0) is 0 Å². The maximum atomic E-state index is 13.8. The van der Waals surface area contributed by atoms with Crippen molar-refractivity contribution in [2.24, 2.45) is 0 Å². The summed E-state index contributed by atoms with van der Waals surface area (Å²) in [5.41, 5.74) is -0.743. The average molecular weight is 252 g/mol. The molecule has 0 unspecified atom stereocenters. The Kier molecular flexibility index (Phi) is 2.80. The second-order valence-electron chi connectivity index (χ2n) is 4.90. The maximum absolute atomic E-state index is 13.8. The third-order valence-corrected chi connectivity index (χ3v) is 3.11. The van der Waals surface area contributed by atoms with E-state index in [1.807, 2.05) is 6.92 Å². The van der Waals surface area contributed by atoms with E-state index in [1.165, 1.54) is 6.92 Å². The molecule has 0 radical (unpaired) electrons. The molecule has 0 saturated heterocycles. The smallest absolute Gasteiger partial charge is 0.270 e. The fourth-order valence-corrected chi connectivity index (χ4v) is 1.68. The number of carbonyl (C=O) groups is 1. The number of amides is 1. The summed E-state index contributed by atoms with van der Waals surface area (Å²) in [5, 5.41) is 13.4. The van der Waals surface area contributed by atoms with E-state index in [0.29, 0.717) is 0 Å². The van der Waals surface area contributed by atoms with Crippen LogP contribution >= 0.6 is 0 Å². The topological polar surface area (TPSA) is 72.2 Å². The van der Waals surface area contributed by atoms with Crippen LogP contribution in [0.5, 0.6) is 0 Å². The number of benzene rings is 1. The van der Waals surface area contributed by atoms with Gasteiger partial charge < -0.3 is 5.32 Å². The zero-order valence-electron chi connectivity index (χ0n) is 10.1. The highest BCUT2D eigenvalue weighted by atomic mass is 19.1. The van der Waals surface area contributed by atoms with E-state index in [4.69, 9.17) is 0 Å². The predicted molar refractivity (Wildman–Crippen MR) is 62.9 cm³/mol. The van der Waals surface area contributed by atoms with Crippen LogP contribution in [0.25, 0.3) is 0 Å². The summed E-state index contributed by atoms with van der Waals surface area (Å²) < 4.78 is 13.8. The second-order valence-corrected chi connectivity index (χ2v) is 4.90. The first kappa shape index (κ1) is 12.5. The van der Waals surface area contributed by atoms with Gasteiger partial charge in [-0.3, -0.25) is 14.9 Å². The molecule has 5 nitrogen and oxygen atoms in total. The van der Waals surface area contributed by atoms with E-state index in [9.17, 15) is 19.3 Å². The number of aryl methyl sites for hydroxylation is 1. The number of non-ortho nitro benzene ring substituents is 1. The Morgan fingerprint density at radius 3 is 2.61 bits per heavy atom. The molecule has 18 heavy (non-hydrogen) atoms. The molecule has 1 aromatic carbocycles. The Balaban J connectivity index is 2.36. The summed E-state index contributed by atoms with van der Waals surface area (Å²) in [7, 11) is 0. The lowest BCUT2D eigenvalue weighted by atomic mass is 10.1. The molecule has 96 valence electrons. The van der Waals surface area contributed by atoms with E-state index in [1.54, 1.807) is 0 Å². The highest BCUT2D eigenvalue weighted by molar-refractivity contribution is 5.96. The Bertz CT molecular complexity index is 538. The van der Waals surface area contributed by atoms with Crippen molar-refractivity contribution in [3.63, 3.8) is 0 Å². The zero-order chi connectivity index (χ0) is 13.5. The lowest BCUT2D eigenvalue weighted by molar-refractivity contribution is -0.385. The van der Waals surface area contributed by atoms with E-state index in [-0.39, 0.29) is 22.4 Å². The van der Waals surface area contributed by atoms with E-state index < -0.39 is 16.6 Å². The minimum absolute atomic E-state index is 0.0929. The number of nitrogens with zero attached hydrogens (tertiary/aromatic N) is 1. The Hall–Kier alpha value is -1.98. The summed E-state index contributed by atoms with van der Waals surface area (Å²) in [6, 6.07) is 2.09. The predicted octanol–water partition coefficient (Wildman–Crippen LogP) is 2.32. The van der Waals surface area contributed by atoms with Gasteiger partial charge in [-0.15, -0.1) is 0 Å². The van der Waals surface area contributed by atoms with Crippen molar-refractivity contribution in [1.82, 2.24) is 5.32 Å². The molecule has 0 spiro atoms. The molecule has 0 aromatic heterocycles. The third-order valence-electron chi connectivity index (χ3n) is 3.11. The van der Waals surface area contributed by atoms with Crippen molar-refractivity contribution in [2.75, 3.05) is 0 Å². The normalized spacial score (nSPS) is 16.2.